The standard InChI is InChI=1S/C14H18N2O/c15-9-11-7-3-4-8-12(11)13(16)14(17)10-5-1-2-6-10/h3-4,7-8,10,13-14,17H,1-2,5-6,16H2/t13-,14+/m0/s1. The number of hydrogen-bond acceptors (Lipinski definition) is 3. The zero-order chi connectivity index (χ0) is 12.3. The Morgan fingerprint density at radius 2 is 1.94 bits per heavy atom. The lowest BCUT2D eigenvalue weighted by atomic mass is 9.89. The molecule has 1 saturated carbocycles. The van der Waals surface area contributed by atoms with E-state index in [1.54, 1.807) is 6.07 Å². The monoisotopic (exact) mass is 230 g/mol. The van der Waals surface area contributed by atoms with Crippen LogP contribution in [0.3, 0.4) is 0 Å². The highest BCUT2D eigenvalue weighted by Crippen LogP contribution is 2.33. The van der Waals surface area contributed by atoms with Crippen LogP contribution < -0.4 is 5.73 Å². The van der Waals surface area contributed by atoms with E-state index in [2.05, 4.69) is 6.07 Å². The van der Waals surface area contributed by atoms with Crippen LogP contribution in [0.5, 0.6) is 0 Å². The van der Waals surface area contributed by atoms with Gasteiger partial charge in [-0.3, -0.25) is 0 Å². The van der Waals surface area contributed by atoms with Crippen molar-refractivity contribution in [1.82, 2.24) is 0 Å². The van der Waals surface area contributed by atoms with Gasteiger partial charge in [0.2, 0.25) is 0 Å². The number of nitrogens with zero attached hydrogens (tertiary/aromatic N) is 1. The Morgan fingerprint density at radius 1 is 1.29 bits per heavy atom. The van der Waals surface area contributed by atoms with E-state index in [0.29, 0.717) is 5.56 Å². The first-order chi connectivity index (χ1) is 8.24. The minimum Gasteiger partial charge on any atom is -0.391 e. The number of rotatable bonds is 3. The molecular formula is C14H18N2O. The molecule has 90 valence electrons. The fraction of sp³-hybridized carbons (Fsp3) is 0.500. The van der Waals surface area contributed by atoms with Crippen LogP contribution in [0.25, 0.3) is 0 Å². The van der Waals surface area contributed by atoms with Crippen molar-refractivity contribution in [2.24, 2.45) is 11.7 Å². The molecule has 0 radical (unpaired) electrons. The van der Waals surface area contributed by atoms with Crippen molar-refractivity contribution in [2.45, 2.75) is 37.8 Å². The summed E-state index contributed by atoms with van der Waals surface area (Å²) < 4.78 is 0. The van der Waals surface area contributed by atoms with E-state index in [4.69, 9.17) is 11.0 Å². The molecule has 3 N–H and O–H groups in total. The highest BCUT2D eigenvalue weighted by molar-refractivity contribution is 5.39. The Bertz CT molecular complexity index is 418. The van der Waals surface area contributed by atoms with E-state index in [1.165, 1.54) is 12.8 Å². The van der Waals surface area contributed by atoms with Gasteiger partial charge >= 0.3 is 0 Å². The predicted octanol–water partition coefficient (Wildman–Crippen LogP) is 2.11. The van der Waals surface area contributed by atoms with Crippen molar-refractivity contribution in [1.29, 1.82) is 5.26 Å². The minimum atomic E-state index is -0.535. The van der Waals surface area contributed by atoms with Gasteiger partial charge in [0.25, 0.3) is 0 Å². The molecule has 1 aromatic rings. The van der Waals surface area contributed by atoms with Crippen molar-refractivity contribution >= 4 is 0 Å². The molecule has 1 fully saturated rings. The van der Waals surface area contributed by atoms with Gasteiger partial charge in [0.15, 0.2) is 0 Å². The smallest absolute Gasteiger partial charge is 0.0995 e. The summed E-state index contributed by atoms with van der Waals surface area (Å²) in [5.74, 6) is 0.289. The molecule has 1 aliphatic rings. The average molecular weight is 230 g/mol. The lowest BCUT2D eigenvalue weighted by Crippen LogP contribution is -2.32. The highest BCUT2D eigenvalue weighted by atomic mass is 16.3. The zero-order valence-corrected chi connectivity index (χ0v) is 9.84. The van der Waals surface area contributed by atoms with Crippen LogP contribution in [-0.2, 0) is 0 Å². The molecule has 0 heterocycles. The van der Waals surface area contributed by atoms with Crippen LogP contribution in [-0.4, -0.2) is 11.2 Å². The van der Waals surface area contributed by atoms with Crippen molar-refractivity contribution in [3.8, 4) is 6.07 Å². The number of aliphatic hydroxyl groups excluding tert-OH is 1. The van der Waals surface area contributed by atoms with Gasteiger partial charge in [0.1, 0.15) is 0 Å². The summed E-state index contributed by atoms with van der Waals surface area (Å²) in [4.78, 5) is 0. The lowest BCUT2D eigenvalue weighted by Gasteiger charge is -2.25. The Kier molecular flexibility index (Phi) is 3.78. The quantitative estimate of drug-likeness (QED) is 0.835. The van der Waals surface area contributed by atoms with Gasteiger partial charge in [-0.25, -0.2) is 0 Å². The van der Waals surface area contributed by atoms with E-state index in [0.717, 1.165) is 18.4 Å². The Balaban J connectivity index is 2.18. The number of nitriles is 1. The molecule has 17 heavy (non-hydrogen) atoms. The average Bonchev–Trinajstić information content (AvgIpc) is 2.90. The van der Waals surface area contributed by atoms with Crippen LogP contribution in [0.15, 0.2) is 24.3 Å². The van der Waals surface area contributed by atoms with E-state index in [1.807, 2.05) is 18.2 Å². The maximum absolute atomic E-state index is 10.3. The first-order valence-electron chi connectivity index (χ1n) is 6.16. The summed E-state index contributed by atoms with van der Waals surface area (Å²) in [6.45, 7) is 0. The minimum absolute atomic E-state index is 0.289. The number of benzene rings is 1. The van der Waals surface area contributed by atoms with Crippen LogP contribution in [0.2, 0.25) is 0 Å². The van der Waals surface area contributed by atoms with Gasteiger partial charge in [-0.05, 0) is 30.4 Å². The molecule has 3 heteroatoms. The van der Waals surface area contributed by atoms with Gasteiger partial charge in [0, 0.05) is 0 Å². The Morgan fingerprint density at radius 3 is 2.59 bits per heavy atom. The first kappa shape index (κ1) is 12.1. The molecule has 3 nitrogen and oxygen atoms in total. The van der Waals surface area contributed by atoms with Gasteiger partial charge in [0.05, 0.1) is 23.8 Å². The second-order valence-corrected chi connectivity index (χ2v) is 4.76. The SMILES string of the molecule is N#Cc1ccccc1[C@H](N)[C@H](O)C1CCCC1. The van der Waals surface area contributed by atoms with Gasteiger partial charge in [-0.2, -0.15) is 5.26 Å². The highest BCUT2D eigenvalue weighted by Gasteiger charge is 2.29. The fourth-order valence-corrected chi connectivity index (χ4v) is 2.67. The summed E-state index contributed by atoms with van der Waals surface area (Å²) >= 11 is 0. The van der Waals surface area contributed by atoms with E-state index in [-0.39, 0.29) is 5.92 Å². The number of nitrogens with two attached hydrogens (primary N) is 1. The molecule has 0 amide bonds. The molecule has 2 rings (SSSR count). The summed E-state index contributed by atoms with van der Waals surface area (Å²) in [7, 11) is 0. The van der Waals surface area contributed by atoms with Crippen molar-refractivity contribution in [2.75, 3.05) is 0 Å². The van der Waals surface area contributed by atoms with E-state index < -0.39 is 12.1 Å². The third kappa shape index (κ3) is 2.49. The van der Waals surface area contributed by atoms with E-state index >= 15 is 0 Å². The van der Waals surface area contributed by atoms with Gasteiger partial charge in [-0.1, -0.05) is 31.0 Å². The van der Waals surface area contributed by atoms with Gasteiger partial charge in [-0.15, -0.1) is 0 Å². The Labute approximate surface area is 102 Å². The van der Waals surface area contributed by atoms with Gasteiger partial charge < -0.3 is 10.8 Å². The zero-order valence-electron chi connectivity index (χ0n) is 9.84. The lowest BCUT2D eigenvalue weighted by molar-refractivity contribution is 0.0844. The normalized spacial score (nSPS) is 19.8. The summed E-state index contributed by atoms with van der Waals surface area (Å²) in [6.07, 6.45) is 3.91. The molecule has 0 bridgehead atoms. The molecule has 1 aromatic carbocycles. The van der Waals surface area contributed by atoms with E-state index in [9.17, 15) is 5.11 Å². The molecule has 2 atom stereocenters. The summed E-state index contributed by atoms with van der Waals surface area (Å²) in [5.41, 5.74) is 7.42. The third-order valence-electron chi connectivity index (χ3n) is 3.69. The maximum atomic E-state index is 10.3. The van der Waals surface area contributed by atoms with Crippen LogP contribution in [0.1, 0.15) is 42.9 Å². The molecule has 0 aliphatic heterocycles. The first-order valence-corrected chi connectivity index (χ1v) is 6.16. The third-order valence-corrected chi connectivity index (χ3v) is 3.69. The number of aliphatic hydroxyl groups is 1. The second-order valence-electron chi connectivity index (χ2n) is 4.76. The molecule has 1 aliphatic carbocycles. The van der Waals surface area contributed by atoms with Crippen molar-refractivity contribution in [3.63, 3.8) is 0 Å². The molecule has 0 aromatic heterocycles. The molecule has 0 unspecified atom stereocenters. The summed E-state index contributed by atoms with van der Waals surface area (Å²) in [5, 5.41) is 19.3. The predicted molar refractivity (Wildman–Crippen MR) is 66.1 cm³/mol. The summed E-state index contributed by atoms with van der Waals surface area (Å²) in [6, 6.07) is 8.94. The topological polar surface area (TPSA) is 70.0 Å². The molecular weight excluding hydrogens is 212 g/mol. The second kappa shape index (κ2) is 5.31. The molecule has 0 spiro atoms. The van der Waals surface area contributed by atoms with Crippen LogP contribution in [0.4, 0.5) is 0 Å². The molecule has 0 saturated heterocycles. The van der Waals surface area contributed by atoms with Crippen LogP contribution >= 0.6 is 0 Å². The van der Waals surface area contributed by atoms with Crippen LogP contribution in [0, 0.1) is 17.2 Å². The maximum Gasteiger partial charge on any atom is 0.0995 e. The largest absolute Gasteiger partial charge is 0.391 e. The number of hydrogen-bond donors (Lipinski definition) is 2. The van der Waals surface area contributed by atoms with Crippen molar-refractivity contribution < 1.29 is 5.11 Å². The van der Waals surface area contributed by atoms with Crippen molar-refractivity contribution in [3.05, 3.63) is 35.4 Å². The fourth-order valence-electron chi connectivity index (χ4n) is 2.67. The Hall–Kier alpha value is -1.37.